The second-order valence-corrected chi connectivity index (χ2v) is 10.0. The van der Waals surface area contributed by atoms with Crippen LogP contribution in [0.15, 0.2) is 42.5 Å². The van der Waals surface area contributed by atoms with Crippen LogP contribution in [-0.2, 0) is 11.3 Å². The van der Waals surface area contributed by atoms with Crippen LogP contribution < -0.4 is 30.2 Å². The number of carbonyl (C=O) groups excluding carboxylic acids is 3. The number of methoxy groups -OCH3 is 1. The van der Waals surface area contributed by atoms with Crippen LogP contribution in [0.5, 0.6) is 17.2 Å². The number of urea groups is 1. The minimum Gasteiger partial charge on any atom is -0.493 e. The van der Waals surface area contributed by atoms with Gasteiger partial charge < -0.3 is 35.1 Å². The molecule has 0 unspecified atom stereocenters. The van der Waals surface area contributed by atoms with E-state index in [2.05, 4.69) is 16.0 Å². The summed E-state index contributed by atoms with van der Waals surface area (Å²) >= 11 is 0. The third-order valence-corrected chi connectivity index (χ3v) is 7.29. The first-order chi connectivity index (χ1) is 18.5. The minimum atomic E-state index is -0.439. The molecular weight excluding hydrogens is 488 g/mol. The Morgan fingerprint density at radius 3 is 2.61 bits per heavy atom. The van der Waals surface area contributed by atoms with Crippen molar-refractivity contribution in [3.8, 4) is 17.2 Å². The lowest BCUT2D eigenvalue weighted by Crippen LogP contribution is -2.46. The topological polar surface area (TPSA) is 118 Å². The van der Waals surface area contributed by atoms with Gasteiger partial charge in [0.05, 0.1) is 19.7 Å². The number of nitrogens with zero attached hydrogens (tertiary/aromatic N) is 1. The number of hydrogen-bond donors (Lipinski definition) is 3. The Morgan fingerprint density at radius 2 is 1.84 bits per heavy atom. The summed E-state index contributed by atoms with van der Waals surface area (Å²) in [6.07, 6.45) is 5.02. The highest BCUT2D eigenvalue weighted by Crippen LogP contribution is 2.29. The quantitative estimate of drug-likeness (QED) is 0.558. The van der Waals surface area contributed by atoms with Gasteiger partial charge in [-0.1, -0.05) is 31.4 Å². The predicted octanol–water partition coefficient (Wildman–Crippen LogP) is 2.61. The number of rotatable bonds is 2. The lowest BCUT2D eigenvalue weighted by molar-refractivity contribution is -0.123. The Balaban J connectivity index is 1.38. The van der Waals surface area contributed by atoms with Crippen LogP contribution in [0, 0.1) is 0 Å². The summed E-state index contributed by atoms with van der Waals surface area (Å²) in [4.78, 5) is 40.4. The normalized spacial score (nSPS) is 22.3. The van der Waals surface area contributed by atoms with Gasteiger partial charge in [-0.15, -0.1) is 0 Å². The van der Waals surface area contributed by atoms with Crippen molar-refractivity contribution in [3.63, 3.8) is 0 Å². The van der Waals surface area contributed by atoms with E-state index < -0.39 is 12.1 Å². The van der Waals surface area contributed by atoms with Gasteiger partial charge in [-0.25, -0.2) is 4.79 Å². The number of benzene rings is 2. The number of carbonyl (C=O) groups is 3. The van der Waals surface area contributed by atoms with E-state index in [0.717, 1.165) is 31.2 Å². The average molecular weight is 523 g/mol. The van der Waals surface area contributed by atoms with E-state index in [1.165, 1.54) is 13.5 Å². The van der Waals surface area contributed by atoms with E-state index in [1.807, 2.05) is 24.3 Å². The summed E-state index contributed by atoms with van der Waals surface area (Å²) in [6.45, 7) is 0.780. The molecule has 6 rings (SSSR count). The second-order valence-electron chi connectivity index (χ2n) is 10.0. The largest absolute Gasteiger partial charge is 0.493 e. The summed E-state index contributed by atoms with van der Waals surface area (Å²) in [5, 5.41) is 9.03. The maximum absolute atomic E-state index is 13.3. The molecule has 10 nitrogen and oxygen atoms in total. The fraction of sp³-hybridized carbons (Fsp3) is 0.464. The molecule has 4 bridgehead atoms. The Bertz CT molecular complexity index is 1160. The Morgan fingerprint density at radius 1 is 1.05 bits per heavy atom. The number of fused-ring (bicyclic) bond motifs is 7. The van der Waals surface area contributed by atoms with E-state index in [4.69, 9.17) is 14.2 Å². The summed E-state index contributed by atoms with van der Waals surface area (Å²) in [5.74, 6) is 0.687. The molecule has 0 spiro atoms. The Labute approximate surface area is 222 Å². The lowest BCUT2D eigenvalue weighted by atomic mass is 9.96. The zero-order valence-electron chi connectivity index (χ0n) is 21.5. The number of ether oxygens (including phenoxy) is 3. The molecule has 1 aliphatic carbocycles. The summed E-state index contributed by atoms with van der Waals surface area (Å²) in [6, 6.07) is 11.8. The SMILES string of the molecule is COc1ccc2cc1OCC(=O)NCc1ccc(cc1)O[C@H]1CN(C(=O)NC3CCCCC3)C[C@@H]1NC2=O. The van der Waals surface area contributed by atoms with Crippen LogP contribution >= 0.6 is 0 Å². The number of likely N-dealkylation sites (tertiary alicyclic amines) is 1. The molecule has 10 heteroatoms. The van der Waals surface area contributed by atoms with Crippen LogP contribution in [0.1, 0.15) is 48.0 Å². The second kappa shape index (κ2) is 11.6. The highest BCUT2D eigenvalue weighted by molar-refractivity contribution is 5.95. The van der Waals surface area contributed by atoms with Gasteiger partial charge >= 0.3 is 6.03 Å². The summed E-state index contributed by atoms with van der Waals surface area (Å²) in [7, 11) is 1.49. The van der Waals surface area contributed by atoms with Gasteiger partial charge in [0, 0.05) is 24.7 Å². The molecule has 0 radical (unpaired) electrons. The molecule has 38 heavy (non-hydrogen) atoms. The van der Waals surface area contributed by atoms with Crippen molar-refractivity contribution in [2.75, 3.05) is 26.8 Å². The van der Waals surface area contributed by atoms with Crippen molar-refractivity contribution < 1.29 is 28.6 Å². The van der Waals surface area contributed by atoms with Crippen molar-refractivity contribution in [1.82, 2.24) is 20.9 Å². The lowest BCUT2D eigenvalue weighted by Gasteiger charge is -2.26. The number of hydrogen-bond acceptors (Lipinski definition) is 6. The molecular formula is C28H34N4O6. The molecule has 4 aliphatic rings. The van der Waals surface area contributed by atoms with Crippen molar-refractivity contribution >= 4 is 17.8 Å². The molecule has 3 N–H and O–H groups in total. The fourth-order valence-corrected chi connectivity index (χ4v) is 5.15. The molecule has 3 heterocycles. The predicted molar refractivity (Wildman–Crippen MR) is 139 cm³/mol. The molecule has 2 atom stereocenters. The third kappa shape index (κ3) is 6.12. The molecule has 3 aliphatic heterocycles. The van der Waals surface area contributed by atoms with Gasteiger partial charge in [-0.2, -0.15) is 0 Å². The minimum absolute atomic E-state index is 0.129. The van der Waals surface area contributed by atoms with E-state index in [-0.39, 0.29) is 36.2 Å². The maximum atomic E-state index is 13.3. The van der Waals surface area contributed by atoms with E-state index in [0.29, 0.717) is 36.7 Å². The number of nitrogens with one attached hydrogen (secondary N) is 3. The van der Waals surface area contributed by atoms with Crippen molar-refractivity contribution in [2.45, 2.75) is 56.8 Å². The molecule has 4 amide bonds. The van der Waals surface area contributed by atoms with Gasteiger partial charge in [-0.3, -0.25) is 9.59 Å². The summed E-state index contributed by atoms with van der Waals surface area (Å²) < 4.78 is 17.3. The molecule has 0 aromatic heterocycles. The van der Waals surface area contributed by atoms with E-state index in [1.54, 1.807) is 23.1 Å². The molecule has 2 fully saturated rings. The first kappa shape index (κ1) is 25.7. The standard InChI is InChI=1S/C28H34N4O6/c1-36-23-12-9-19-13-24(23)37-17-26(33)29-14-18-7-10-21(11-8-18)38-25-16-32(15-22(25)31-27(19)34)28(35)30-20-5-3-2-4-6-20/h7-13,20,22,25H,2-6,14-17H2,1H3,(H,29,33)(H,30,35)(H,31,34)/t22-,25-/m0/s1. The highest BCUT2D eigenvalue weighted by atomic mass is 16.5. The van der Waals surface area contributed by atoms with Crippen LogP contribution in [-0.4, -0.2) is 67.7 Å². The fourth-order valence-electron chi connectivity index (χ4n) is 5.15. The van der Waals surface area contributed by atoms with Crippen molar-refractivity contribution in [1.29, 1.82) is 0 Å². The first-order valence-corrected chi connectivity index (χ1v) is 13.2. The molecule has 202 valence electrons. The Kier molecular flexibility index (Phi) is 7.86. The third-order valence-electron chi connectivity index (χ3n) is 7.29. The zero-order valence-corrected chi connectivity index (χ0v) is 21.5. The van der Waals surface area contributed by atoms with Crippen LogP contribution in [0.2, 0.25) is 0 Å². The molecule has 2 aromatic rings. The smallest absolute Gasteiger partial charge is 0.317 e. The van der Waals surface area contributed by atoms with Crippen molar-refractivity contribution in [2.24, 2.45) is 0 Å². The number of amides is 4. The van der Waals surface area contributed by atoms with Gasteiger partial charge in [0.2, 0.25) is 0 Å². The van der Waals surface area contributed by atoms with Crippen LogP contribution in [0.25, 0.3) is 0 Å². The maximum Gasteiger partial charge on any atom is 0.317 e. The van der Waals surface area contributed by atoms with Crippen LogP contribution in [0.4, 0.5) is 4.79 Å². The monoisotopic (exact) mass is 522 g/mol. The highest BCUT2D eigenvalue weighted by Gasteiger charge is 2.38. The summed E-state index contributed by atoms with van der Waals surface area (Å²) in [5.41, 5.74) is 1.25. The van der Waals surface area contributed by atoms with Gasteiger partial charge in [0.25, 0.3) is 11.8 Å². The Hall–Kier alpha value is -3.95. The van der Waals surface area contributed by atoms with Gasteiger partial charge in [0.15, 0.2) is 18.1 Å². The van der Waals surface area contributed by atoms with E-state index in [9.17, 15) is 14.4 Å². The average Bonchev–Trinajstić information content (AvgIpc) is 3.33. The van der Waals surface area contributed by atoms with Gasteiger partial charge in [-0.05, 0) is 48.7 Å². The van der Waals surface area contributed by atoms with E-state index >= 15 is 0 Å². The first-order valence-electron chi connectivity index (χ1n) is 13.2. The van der Waals surface area contributed by atoms with Gasteiger partial charge in [0.1, 0.15) is 11.9 Å². The molecule has 1 saturated carbocycles. The molecule has 2 aromatic carbocycles. The zero-order chi connectivity index (χ0) is 26.5. The molecule has 1 saturated heterocycles. The van der Waals surface area contributed by atoms with Crippen LogP contribution in [0.3, 0.4) is 0 Å². The van der Waals surface area contributed by atoms with Crippen molar-refractivity contribution in [3.05, 3.63) is 53.6 Å².